The van der Waals surface area contributed by atoms with Crippen LogP contribution in [0.3, 0.4) is 0 Å². The van der Waals surface area contributed by atoms with Crippen LogP contribution in [0.1, 0.15) is 59.3 Å². The van der Waals surface area contributed by atoms with Crippen LogP contribution in [0.5, 0.6) is 0 Å². The molecule has 0 saturated carbocycles. The van der Waals surface area contributed by atoms with Crippen LogP contribution in [-0.2, 0) is 9.47 Å². The Balaban J connectivity index is 1.59. The molecule has 1 amide bonds. The van der Waals surface area contributed by atoms with Crippen molar-refractivity contribution in [3.63, 3.8) is 0 Å². The molecule has 2 fully saturated rings. The van der Waals surface area contributed by atoms with Crippen molar-refractivity contribution in [1.82, 2.24) is 10.2 Å². The van der Waals surface area contributed by atoms with E-state index in [0.717, 1.165) is 45.5 Å². The summed E-state index contributed by atoms with van der Waals surface area (Å²) >= 11 is 0. The van der Waals surface area contributed by atoms with Gasteiger partial charge < -0.3 is 19.7 Å². The van der Waals surface area contributed by atoms with Gasteiger partial charge in [0.1, 0.15) is 5.60 Å². The van der Waals surface area contributed by atoms with Gasteiger partial charge in [-0.25, -0.2) is 4.79 Å². The Bertz CT molecular complexity index is 340. The van der Waals surface area contributed by atoms with Crippen molar-refractivity contribution in [2.45, 2.75) is 77.0 Å². The van der Waals surface area contributed by atoms with Crippen molar-refractivity contribution >= 4 is 6.09 Å². The average molecular weight is 312 g/mol. The van der Waals surface area contributed by atoms with E-state index in [1.54, 1.807) is 0 Å². The molecule has 2 rings (SSSR count). The molecular weight excluding hydrogens is 280 g/mol. The van der Waals surface area contributed by atoms with E-state index in [4.69, 9.17) is 9.47 Å². The number of nitrogens with zero attached hydrogens (tertiary/aromatic N) is 1. The number of nitrogens with one attached hydrogen (secondary N) is 1. The number of likely N-dealkylation sites (tertiary alicyclic amines) is 1. The average Bonchev–Trinajstić information content (AvgIpc) is 2.47. The third-order valence-electron chi connectivity index (χ3n) is 4.32. The maximum atomic E-state index is 12.0. The molecule has 0 aromatic heterocycles. The van der Waals surface area contributed by atoms with Gasteiger partial charge in [-0.3, -0.25) is 0 Å². The highest BCUT2D eigenvalue weighted by molar-refractivity contribution is 5.68. The molecule has 0 spiro atoms. The highest BCUT2D eigenvalue weighted by Crippen LogP contribution is 2.17. The summed E-state index contributed by atoms with van der Waals surface area (Å²) < 4.78 is 11.2. The SMILES string of the molecule is CC(C)(C)OC(=O)N1CCC(NCCC2CCCCO2)CC1. The number of piperidine rings is 1. The van der Waals surface area contributed by atoms with Gasteiger partial charge in [0, 0.05) is 25.7 Å². The molecule has 0 radical (unpaired) electrons. The van der Waals surface area contributed by atoms with E-state index in [1.165, 1.54) is 19.3 Å². The normalized spacial score (nSPS) is 24.3. The van der Waals surface area contributed by atoms with Gasteiger partial charge in [0.05, 0.1) is 6.10 Å². The molecular formula is C17H32N2O3. The maximum Gasteiger partial charge on any atom is 0.410 e. The molecule has 5 nitrogen and oxygen atoms in total. The van der Waals surface area contributed by atoms with Crippen molar-refractivity contribution < 1.29 is 14.3 Å². The number of carbonyl (C=O) groups excluding carboxylic acids is 1. The predicted molar refractivity (Wildman–Crippen MR) is 87.0 cm³/mol. The zero-order chi connectivity index (χ0) is 16.0. The smallest absolute Gasteiger partial charge is 0.410 e. The van der Waals surface area contributed by atoms with Crippen LogP contribution in [0.15, 0.2) is 0 Å². The molecule has 2 saturated heterocycles. The second-order valence-corrected chi connectivity index (χ2v) is 7.47. The van der Waals surface area contributed by atoms with Gasteiger partial charge >= 0.3 is 6.09 Å². The lowest BCUT2D eigenvalue weighted by Gasteiger charge is -2.34. The summed E-state index contributed by atoms with van der Waals surface area (Å²) in [4.78, 5) is 13.8. The lowest BCUT2D eigenvalue weighted by Crippen LogP contribution is -2.47. The zero-order valence-electron chi connectivity index (χ0n) is 14.4. The summed E-state index contributed by atoms with van der Waals surface area (Å²) in [6.45, 7) is 9.24. The minimum Gasteiger partial charge on any atom is -0.444 e. The molecule has 5 heteroatoms. The van der Waals surface area contributed by atoms with E-state index >= 15 is 0 Å². The largest absolute Gasteiger partial charge is 0.444 e. The van der Waals surface area contributed by atoms with E-state index < -0.39 is 5.60 Å². The van der Waals surface area contributed by atoms with Gasteiger partial charge in [-0.1, -0.05) is 0 Å². The fraction of sp³-hybridized carbons (Fsp3) is 0.941. The fourth-order valence-corrected chi connectivity index (χ4v) is 3.08. The molecule has 2 aliphatic rings. The molecule has 0 aromatic rings. The summed E-state index contributed by atoms with van der Waals surface area (Å²) in [5.41, 5.74) is -0.411. The minimum atomic E-state index is -0.411. The van der Waals surface area contributed by atoms with E-state index in [2.05, 4.69) is 5.32 Å². The first-order chi connectivity index (χ1) is 10.4. The van der Waals surface area contributed by atoms with Crippen LogP contribution < -0.4 is 5.32 Å². The Morgan fingerprint density at radius 2 is 1.95 bits per heavy atom. The first-order valence-corrected chi connectivity index (χ1v) is 8.77. The fourth-order valence-electron chi connectivity index (χ4n) is 3.08. The third-order valence-corrected chi connectivity index (χ3v) is 4.32. The van der Waals surface area contributed by atoms with Crippen molar-refractivity contribution in [1.29, 1.82) is 0 Å². The Morgan fingerprint density at radius 3 is 2.55 bits per heavy atom. The Hall–Kier alpha value is -0.810. The second kappa shape index (κ2) is 8.16. The van der Waals surface area contributed by atoms with Gasteiger partial charge in [0.2, 0.25) is 0 Å². The summed E-state index contributed by atoms with van der Waals surface area (Å²) in [6, 6.07) is 0.516. The number of ether oxygens (including phenoxy) is 2. The van der Waals surface area contributed by atoms with Crippen LogP contribution in [0, 0.1) is 0 Å². The van der Waals surface area contributed by atoms with Crippen LogP contribution in [0.4, 0.5) is 4.79 Å². The zero-order valence-corrected chi connectivity index (χ0v) is 14.4. The molecule has 0 bridgehead atoms. The molecule has 1 unspecified atom stereocenters. The van der Waals surface area contributed by atoms with E-state index in [9.17, 15) is 4.79 Å². The molecule has 22 heavy (non-hydrogen) atoms. The van der Waals surface area contributed by atoms with Crippen LogP contribution in [0.2, 0.25) is 0 Å². The lowest BCUT2D eigenvalue weighted by molar-refractivity contribution is 0.0101. The topological polar surface area (TPSA) is 50.8 Å². The van der Waals surface area contributed by atoms with Crippen LogP contribution >= 0.6 is 0 Å². The first-order valence-electron chi connectivity index (χ1n) is 8.77. The molecule has 1 atom stereocenters. The molecule has 0 aromatic carbocycles. The number of rotatable bonds is 4. The number of amides is 1. The Morgan fingerprint density at radius 1 is 1.23 bits per heavy atom. The highest BCUT2D eigenvalue weighted by Gasteiger charge is 2.26. The summed E-state index contributed by atoms with van der Waals surface area (Å²) in [7, 11) is 0. The van der Waals surface area contributed by atoms with Crippen molar-refractivity contribution in [3.8, 4) is 0 Å². The van der Waals surface area contributed by atoms with E-state index in [1.807, 2.05) is 25.7 Å². The van der Waals surface area contributed by atoms with Crippen LogP contribution in [0.25, 0.3) is 0 Å². The van der Waals surface area contributed by atoms with Crippen molar-refractivity contribution in [2.75, 3.05) is 26.2 Å². The van der Waals surface area contributed by atoms with E-state index in [0.29, 0.717) is 12.1 Å². The van der Waals surface area contributed by atoms with E-state index in [-0.39, 0.29) is 6.09 Å². The molecule has 1 N–H and O–H groups in total. The predicted octanol–water partition coefficient (Wildman–Crippen LogP) is 2.93. The third kappa shape index (κ3) is 6.13. The van der Waals surface area contributed by atoms with Gasteiger partial charge in [-0.2, -0.15) is 0 Å². The lowest BCUT2D eigenvalue weighted by atomic mass is 10.0. The summed E-state index contributed by atoms with van der Waals surface area (Å²) in [5.74, 6) is 0. The van der Waals surface area contributed by atoms with Gasteiger partial charge in [-0.05, 0) is 65.8 Å². The van der Waals surface area contributed by atoms with Crippen molar-refractivity contribution in [3.05, 3.63) is 0 Å². The maximum absolute atomic E-state index is 12.0. The van der Waals surface area contributed by atoms with Crippen molar-refractivity contribution in [2.24, 2.45) is 0 Å². The molecule has 0 aliphatic carbocycles. The standard InChI is InChI=1S/C17H32N2O3/c1-17(2,3)22-16(20)19-11-8-14(9-12-19)18-10-7-15-6-4-5-13-21-15/h14-15,18H,4-13H2,1-3H3. The monoisotopic (exact) mass is 312 g/mol. The van der Waals surface area contributed by atoms with Crippen LogP contribution in [-0.4, -0.2) is 55.0 Å². The van der Waals surface area contributed by atoms with Gasteiger partial charge in [-0.15, -0.1) is 0 Å². The summed E-state index contributed by atoms with van der Waals surface area (Å²) in [5, 5.41) is 3.62. The highest BCUT2D eigenvalue weighted by atomic mass is 16.6. The molecule has 128 valence electrons. The summed E-state index contributed by atoms with van der Waals surface area (Å²) in [6.07, 6.45) is 7.11. The molecule has 2 heterocycles. The minimum absolute atomic E-state index is 0.179. The number of hydrogen-bond donors (Lipinski definition) is 1. The first kappa shape index (κ1) is 17.5. The Kier molecular flexibility index (Phi) is 6.50. The van der Waals surface area contributed by atoms with Gasteiger partial charge in [0.15, 0.2) is 0 Å². The quantitative estimate of drug-likeness (QED) is 0.867. The molecule has 2 aliphatic heterocycles. The van der Waals surface area contributed by atoms with Gasteiger partial charge in [0.25, 0.3) is 0 Å². The second-order valence-electron chi connectivity index (χ2n) is 7.47. The number of carbonyl (C=O) groups is 1. The Labute approximate surface area is 134 Å². The number of hydrogen-bond acceptors (Lipinski definition) is 4.